The van der Waals surface area contributed by atoms with Crippen molar-refractivity contribution >= 4 is 39.5 Å². The van der Waals surface area contributed by atoms with E-state index in [1.54, 1.807) is 0 Å². The summed E-state index contributed by atoms with van der Waals surface area (Å²) in [4.78, 5) is 73.0. The van der Waals surface area contributed by atoms with Gasteiger partial charge in [0.05, 0.1) is 26.4 Å². The van der Waals surface area contributed by atoms with Gasteiger partial charge >= 0.3 is 39.5 Å². The number of esters is 4. The lowest BCUT2D eigenvalue weighted by molar-refractivity contribution is -0.161. The van der Waals surface area contributed by atoms with Gasteiger partial charge in [0, 0.05) is 25.7 Å². The zero-order valence-corrected chi connectivity index (χ0v) is 66.6. The Bertz CT molecular complexity index is 1910. The number of ether oxygens (including phenoxy) is 4. The van der Waals surface area contributed by atoms with Gasteiger partial charge in [-0.15, -0.1) is 0 Å². The molecule has 3 N–H and O–H groups in total. The number of unbranched alkanes of at least 4 members (excludes halogenated alkanes) is 49. The molecule has 588 valence electrons. The number of carbonyl (C=O) groups excluding carboxylic acids is 4. The summed E-state index contributed by atoms with van der Waals surface area (Å²) < 4.78 is 68.7. The van der Waals surface area contributed by atoms with Crippen molar-refractivity contribution in [2.45, 2.75) is 439 Å². The fraction of sp³-hybridized carbons (Fsp3) is 0.950. The smallest absolute Gasteiger partial charge is 0.462 e. The van der Waals surface area contributed by atoms with Crippen LogP contribution in [0, 0.1) is 11.8 Å². The summed E-state index contributed by atoms with van der Waals surface area (Å²) in [6.45, 7) is 9.66. The first-order valence-corrected chi connectivity index (χ1v) is 44.5. The maximum absolute atomic E-state index is 13.1. The second-order valence-corrected chi connectivity index (χ2v) is 32.7. The number of hydrogen-bond acceptors (Lipinski definition) is 15. The van der Waals surface area contributed by atoms with E-state index in [0.717, 1.165) is 102 Å². The van der Waals surface area contributed by atoms with Crippen LogP contribution in [0.2, 0.25) is 0 Å². The Hall–Kier alpha value is -1.94. The molecule has 17 nitrogen and oxygen atoms in total. The van der Waals surface area contributed by atoms with Gasteiger partial charge in [-0.3, -0.25) is 37.3 Å². The SMILES string of the molecule is CCCCCCCCCCCCCCCCCCC(=O)O[C@H](COC(=O)CCCCCCCCCCC)COP(=O)(O)OC[C@H](O)COP(=O)(O)OC[C@@H](COC(=O)CCCCCCCCCCCCCCCC(C)C)OC(=O)CCCCCCCCCCCCCCCCCC(C)C. The Morgan fingerprint density at radius 3 is 0.687 bits per heavy atom. The summed E-state index contributed by atoms with van der Waals surface area (Å²) in [6, 6.07) is 0. The highest BCUT2D eigenvalue weighted by Gasteiger charge is 2.30. The van der Waals surface area contributed by atoms with Crippen LogP contribution >= 0.6 is 15.6 Å². The van der Waals surface area contributed by atoms with E-state index in [1.165, 1.54) is 238 Å². The van der Waals surface area contributed by atoms with Gasteiger partial charge in [0.25, 0.3) is 0 Å². The van der Waals surface area contributed by atoms with Crippen LogP contribution in [-0.2, 0) is 65.4 Å². The van der Waals surface area contributed by atoms with Gasteiger partial charge in [-0.2, -0.15) is 0 Å². The molecule has 0 saturated heterocycles. The predicted molar refractivity (Wildman–Crippen MR) is 405 cm³/mol. The molecule has 0 aromatic rings. The minimum Gasteiger partial charge on any atom is -0.462 e. The Morgan fingerprint density at radius 1 is 0.273 bits per heavy atom. The Kier molecular flexibility index (Phi) is 70.3. The molecular formula is C80H156O17P2. The molecule has 19 heteroatoms. The van der Waals surface area contributed by atoms with E-state index in [2.05, 4.69) is 41.5 Å². The summed E-state index contributed by atoms with van der Waals surface area (Å²) in [5.41, 5.74) is 0. The van der Waals surface area contributed by atoms with Crippen molar-refractivity contribution in [3.05, 3.63) is 0 Å². The number of phosphoric ester groups is 2. The molecule has 0 rings (SSSR count). The molecule has 0 radical (unpaired) electrons. The van der Waals surface area contributed by atoms with E-state index in [0.29, 0.717) is 25.7 Å². The molecule has 0 spiro atoms. The van der Waals surface area contributed by atoms with Gasteiger partial charge in [0.15, 0.2) is 12.2 Å². The standard InChI is InChI=1S/C80H156O17P2/c1-7-9-11-13-15-17-18-19-20-23-28-34-40-46-52-58-64-79(84)96-75(68-90-77(82)62-56-50-44-36-16-14-12-10-8-2)70-94-98(86,87)92-66-74(81)67-93-99(88,89)95-71-76(69-91-78(83)63-57-51-45-39-33-30-25-27-32-38-43-49-55-61-73(5)6)97-80(85)65-59-53-47-41-35-29-24-21-22-26-31-37-42-48-54-60-72(3)4/h72-76,81H,7-71H2,1-6H3,(H,86,87)(H,88,89)/t74-,75+,76+/m0/s1. The zero-order valence-electron chi connectivity index (χ0n) is 64.8. The van der Waals surface area contributed by atoms with E-state index in [4.69, 9.17) is 37.0 Å². The number of aliphatic hydroxyl groups excluding tert-OH is 1. The molecule has 0 aliphatic carbocycles. The van der Waals surface area contributed by atoms with Gasteiger partial charge in [-0.05, 0) is 37.5 Å². The van der Waals surface area contributed by atoms with E-state index >= 15 is 0 Å². The van der Waals surface area contributed by atoms with E-state index < -0.39 is 97.5 Å². The second kappa shape index (κ2) is 71.7. The van der Waals surface area contributed by atoms with Gasteiger partial charge in [-0.1, -0.05) is 369 Å². The van der Waals surface area contributed by atoms with Crippen molar-refractivity contribution in [3.8, 4) is 0 Å². The van der Waals surface area contributed by atoms with Crippen LogP contribution in [-0.4, -0.2) is 96.7 Å². The summed E-state index contributed by atoms with van der Waals surface area (Å²) >= 11 is 0. The predicted octanol–water partition coefficient (Wildman–Crippen LogP) is 23.9. The number of hydrogen-bond donors (Lipinski definition) is 3. The molecule has 2 unspecified atom stereocenters. The molecular weight excluding hydrogens is 1290 g/mol. The fourth-order valence-electron chi connectivity index (χ4n) is 12.4. The molecule has 0 saturated carbocycles. The third-order valence-electron chi connectivity index (χ3n) is 18.7. The van der Waals surface area contributed by atoms with Crippen LogP contribution in [0.4, 0.5) is 0 Å². The topological polar surface area (TPSA) is 237 Å². The first-order valence-electron chi connectivity index (χ1n) is 41.5. The van der Waals surface area contributed by atoms with Crippen LogP contribution in [0.15, 0.2) is 0 Å². The maximum Gasteiger partial charge on any atom is 0.472 e. The fourth-order valence-corrected chi connectivity index (χ4v) is 13.9. The summed E-state index contributed by atoms with van der Waals surface area (Å²) in [5, 5.41) is 10.6. The highest BCUT2D eigenvalue weighted by Crippen LogP contribution is 2.45. The quantitative estimate of drug-likeness (QED) is 0.0222. The minimum absolute atomic E-state index is 0.108. The number of aliphatic hydroxyl groups is 1. The van der Waals surface area contributed by atoms with Crippen molar-refractivity contribution in [3.63, 3.8) is 0 Å². The molecule has 99 heavy (non-hydrogen) atoms. The summed E-state index contributed by atoms with van der Waals surface area (Å²) in [5.74, 6) is -0.516. The third-order valence-corrected chi connectivity index (χ3v) is 20.6. The van der Waals surface area contributed by atoms with Crippen LogP contribution in [0.5, 0.6) is 0 Å². The maximum atomic E-state index is 13.1. The minimum atomic E-state index is -4.96. The second-order valence-electron chi connectivity index (χ2n) is 29.8. The molecule has 0 aromatic carbocycles. The average Bonchev–Trinajstić information content (AvgIpc) is 1.49. The lowest BCUT2D eigenvalue weighted by Crippen LogP contribution is -2.30. The number of phosphoric acid groups is 2. The lowest BCUT2D eigenvalue weighted by Gasteiger charge is -2.21. The van der Waals surface area contributed by atoms with E-state index in [9.17, 15) is 43.2 Å². The van der Waals surface area contributed by atoms with Crippen molar-refractivity contribution in [1.82, 2.24) is 0 Å². The zero-order chi connectivity index (χ0) is 72.8. The van der Waals surface area contributed by atoms with E-state index in [-0.39, 0.29) is 25.7 Å². The van der Waals surface area contributed by atoms with Crippen LogP contribution in [0.1, 0.15) is 420 Å². The van der Waals surface area contributed by atoms with Crippen LogP contribution in [0.25, 0.3) is 0 Å². The van der Waals surface area contributed by atoms with Crippen LogP contribution < -0.4 is 0 Å². The summed E-state index contributed by atoms with van der Waals surface area (Å²) in [7, 11) is -9.92. The Morgan fingerprint density at radius 2 is 0.465 bits per heavy atom. The molecule has 0 aromatic heterocycles. The first kappa shape index (κ1) is 97.1. The normalized spacial score (nSPS) is 13.9. The Balaban J connectivity index is 5.23. The number of rotatable bonds is 79. The molecule has 5 atom stereocenters. The Labute approximate surface area is 607 Å². The van der Waals surface area contributed by atoms with E-state index in [1.807, 2.05) is 0 Å². The molecule has 0 heterocycles. The lowest BCUT2D eigenvalue weighted by atomic mass is 10.0. The molecule has 0 aliphatic heterocycles. The molecule has 0 fully saturated rings. The summed E-state index contributed by atoms with van der Waals surface area (Å²) in [6.07, 6.45) is 61.0. The van der Waals surface area contributed by atoms with Gasteiger partial charge in [-0.25, -0.2) is 9.13 Å². The highest BCUT2D eigenvalue weighted by atomic mass is 31.2. The van der Waals surface area contributed by atoms with Crippen molar-refractivity contribution in [2.75, 3.05) is 39.6 Å². The van der Waals surface area contributed by atoms with Gasteiger partial charge in [0.2, 0.25) is 0 Å². The number of carbonyl (C=O) groups is 4. The molecule has 0 amide bonds. The van der Waals surface area contributed by atoms with Crippen LogP contribution in [0.3, 0.4) is 0 Å². The first-order chi connectivity index (χ1) is 47.9. The third kappa shape index (κ3) is 74.1. The van der Waals surface area contributed by atoms with Gasteiger partial charge in [0.1, 0.15) is 19.3 Å². The molecule has 0 bridgehead atoms. The van der Waals surface area contributed by atoms with Crippen molar-refractivity contribution in [1.29, 1.82) is 0 Å². The average molecular weight is 1450 g/mol. The highest BCUT2D eigenvalue weighted by molar-refractivity contribution is 7.47. The largest absolute Gasteiger partial charge is 0.472 e. The monoisotopic (exact) mass is 1450 g/mol. The van der Waals surface area contributed by atoms with Crippen molar-refractivity contribution < 1.29 is 80.2 Å². The van der Waals surface area contributed by atoms with Crippen molar-refractivity contribution in [2.24, 2.45) is 11.8 Å². The molecule has 0 aliphatic rings. The van der Waals surface area contributed by atoms with Gasteiger partial charge < -0.3 is 33.8 Å².